The average molecular weight is 659 g/mol. The van der Waals surface area contributed by atoms with Gasteiger partial charge in [-0.15, -0.1) is 0 Å². The van der Waals surface area contributed by atoms with Crippen LogP contribution >= 0.6 is 0 Å². The average Bonchev–Trinajstić information content (AvgIpc) is 3.49. The molecule has 0 radical (unpaired) electrons. The number of allylic oxidation sites excluding steroid dienone is 1. The molecule has 2 aromatic heterocycles. The molecule has 1 saturated carbocycles. The first-order chi connectivity index (χ1) is 22.3. The topological polar surface area (TPSA) is 133 Å². The molecule has 2 aromatic carbocycles. The van der Waals surface area contributed by atoms with Crippen molar-refractivity contribution in [3.8, 4) is 17.0 Å². The van der Waals surface area contributed by atoms with Gasteiger partial charge in [-0.1, -0.05) is 39.2 Å². The van der Waals surface area contributed by atoms with E-state index in [9.17, 15) is 23.1 Å². The van der Waals surface area contributed by atoms with E-state index in [2.05, 4.69) is 14.4 Å². The maximum Gasteiger partial charge on any atom is 0.339 e. The van der Waals surface area contributed by atoms with Gasteiger partial charge in [-0.2, -0.15) is 5.10 Å². The Kier molecular flexibility index (Phi) is 8.54. The third kappa shape index (κ3) is 5.75. The van der Waals surface area contributed by atoms with Crippen molar-refractivity contribution in [2.24, 2.45) is 7.05 Å². The van der Waals surface area contributed by atoms with E-state index in [0.29, 0.717) is 29.6 Å². The Hall–Kier alpha value is -4.38. The maximum absolute atomic E-state index is 13.3. The predicted octanol–water partition coefficient (Wildman–Crippen LogP) is 6.94. The molecule has 2 N–H and O–H groups in total. The lowest BCUT2D eigenvalue weighted by molar-refractivity contribution is 0.0694. The van der Waals surface area contributed by atoms with E-state index < -0.39 is 27.1 Å². The van der Waals surface area contributed by atoms with Crippen LogP contribution in [0, 0.1) is 0 Å². The van der Waals surface area contributed by atoms with Crippen molar-refractivity contribution in [2.45, 2.75) is 83.4 Å². The van der Waals surface area contributed by atoms with E-state index in [1.165, 1.54) is 25.8 Å². The van der Waals surface area contributed by atoms with Gasteiger partial charge in [-0.25, -0.2) is 17.9 Å². The number of amides is 1. The van der Waals surface area contributed by atoms with Crippen LogP contribution in [-0.4, -0.2) is 52.1 Å². The number of carboxylic acids is 1. The normalized spacial score (nSPS) is 15.4. The molecule has 1 fully saturated rings. The minimum Gasteiger partial charge on any atom is -0.497 e. The number of hydrogen-bond donors (Lipinski definition) is 2. The number of aryl methyl sites for hydroxylation is 1. The quantitative estimate of drug-likeness (QED) is 0.210. The molecule has 0 unspecified atom stereocenters. The summed E-state index contributed by atoms with van der Waals surface area (Å²) in [5, 5.41) is 15.4. The highest BCUT2D eigenvalue weighted by atomic mass is 32.2. The molecule has 1 aliphatic heterocycles. The van der Waals surface area contributed by atoms with Crippen molar-refractivity contribution in [2.75, 3.05) is 7.11 Å². The summed E-state index contributed by atoms with van der Waals surface area (Å²) in [6, 6.07) is 11.4. The second kappa shape index (κ2) is 12.3. The molecule has 1 aliphatic carbocycles. The molecule has 1 amide bonds. The van der Waals surface area contributed by atoms with Crippen molar-refractivity contribution >= 4 is 44.5 Å². The smallest absolute Gasteiger partial charge is 0.339 e. The molecule has 10 nitrogen and oxygen atoms in total. The molecule has 6 rings (SSSR count). The van der Waals surface area contributed by atoms with Gasteiger partial charge in [0.1, 0.15) is 11.3 Å². The fourth-order valence-corrected chi connectivity index (χ4v) is 7.77. The SMILES string of the molecule is COc1ccc2c(c1)C=C(c1c(C(=O)O)c(C(C)C)nn1C)Cn1c-2c(C2CCCCC2)c2ccc(C(=O)NS(=O)(=O)C(C)C)cc21. The van der Waals surface area contributed by atoms with Crippen molar-refractivity contribution in [1.82, 2.24) is 19.1 Å². The highest BCUT2D eigenvalue weighted by Crippen LogP contribution is 2.48. The summed E-state index contributed by atoms with van der Waals surface area (Å²) in [6.07, 6.45) is 7.54. The summed E-state index contributed by atoms with van der Waals surface area (Å²) in [7, 11) is -0.448. The number of aromatic carboxylic acids is 1. The van der Waals surface area contributed by atoms with Gasteiger partial charge in [0.15, 0.2) is 0 Å². The Morgan fingerprint density at radius 2 is 1.74 bits per heavy atom. The molecule has 248 valence electrons. The van der Waals surface area contributed by atoms with E-state index in [-0.39, 0.29) is 17.0 Å². The highest BCUT2D eigenvalue weighted by molar-refractivity contribution is 7.90. The molecule has 0 spiro atoms. The lowest BCUT2D eigenvalue weighted by atomic mass is 9.81. The molecule has 3 heterocycles. The Bertz CT molecular complexity index is 2040. The summed E-state index contributed by atoms with van der Waals surface area (Å²) >= 11 is 0. The number of sulfonamides is 1. The van der Waals surface area contributed by atoms with Crippen molar-refractivity contribution in [1.29, 1.82) is 0 Å². The van der Waals surface area contributed by atoms with Crippen LogP contribution in [0.3, 0.4) is 0 Å². The van der Waals surface area contributed by atoms with Crippen LogP contribution in [0.25, 0.3) is 33.8 Å². The van der Waals surface area contributed by atoms with Crippen LogP contribution in [0.2, 0.25) is 0 Å². The van der Waals surface area contributed by atoms with Gasteiger partial charge >= 0.3 is 5.97 Å². The van der Waals surface area contributed by atoms with Gasteiger partial charge in [0.25, 0.3) is 5.91 Å². The Morgan fingerprint density at radius 3 is 2.38 bits per heavy atom. The third-order valence-corrected chi connectivity index (χ3v) is 11.3. The number of fused-ring (bicyclic) bond motifs is 5. The minimum atomic E-state index is -3.84. The Labute approximate surface area is 275 Å². The zero-order chi connectivity index (χ0) is 33.8. The van der Waals surface area contributed by atoms with Gasteiger partial charge in [0, 0.05) is 29.1 Å². The van der Waals surface area contributed by atoms with Crippen LogP contribution < -0.4 is 9.46 Å². The zero-order valence-corrected chi connectivity index (χ0v) is 28.6. The molecule has 2 aliphatic rings. The first-order valence-electron chi connectivity index (χ1n) is 16.2. The zero-order valence-electron chi connectivity index (χ0n) is 27.8. The number of carbonyl (C=O) groups is 2. The number of carboxylic acid groups (broad SMARTS) is 1. The second-order valence-corrected chi connectivity index (χ2v) is 15.5. The van der Waals surface area contributed by atoms with E-state index >= 15 is 0 Å². The summed E-state index contributed by atoms with van der Waals surface area (Å²) in [5.41, 5.74) is 7.06. The molecule has 4 aromatic rings. The first kappa shape index (κ1) is 32.6. The monoisotopic (exact) mass is 658 g/mol. The lowest BCUT2D eigenvalue weighted by Crippen LogP contribution is -2.35. The predicted molar refractivity (Wildman–Crippen MR) is 183 cm³/mol. The highest BCUT2D eigenvalue weighted by Gasteiger charge is 2.33. The second-order valence-electron chi connectivity index (χ2n) is 13.3. The van der Waals surface area contributed by atoms with Gasteiger partial charge in [0.05, 0.1) is 36.0 Å². The van der Waals surface area contributed by atoms with Crippen LogP contribution in [-0.2, 0) is 23.6 Å². The third-order valence-electron chi connectivity index (χ3n) is 9.55. The van der Waals surface area contributed by atoms with E-state index in [0.717, 1.165) is 59.0 Å². The van der Waals surface area contributed by atoms with Crippen molar-refractivity contribution in [3.63, 3.8) is 0 Å². The number of ether oxygens (including phenoxy) is 1. The first-order valence-corrected chi connectivity index (χ1v) is 17.8. The van der Waals surface area contributed by atoms with E-state index in [1.54, 1.807) is 31.0 Å². The van der Waals surface area contributed by atoms with Crippen LogP contribution in [0.4, 0.5) is 0 Å². The van der Waals surface area contributed by atoms with Crippen LogP contribution in [0.15, 0.2) is 36.4 Å². The van der Waals surface area contributed by atoms with Gasteiger partial charge in [0.2, 0.25) is 10.0 Å². The fourth-order valence-electron chi connectivity index (χ4n) is 7.16. The number of hydrogen-bond acceptors (Lipinski definition) is 6. The summed E-state index contributed by atoms with van der Waals surface area (Å²) in [6.45, 7) is 7.22. The Morgan fingerprint density at radius 1 is 1.02 bits per heavy atom. The molecule has 0 saturated heterocycles. The summed E-state index contributed by atoms with van der Waals surface area (Å²) < 4.78 is 36.9. The van der Waals surface area contributed by atoms with Crippen molar-refractivity contribution < 1.29 is 27.9 Å². The number of nitrogens with one attached hydrogen (secondary N) is 1. The Balaban J connectivity index is 1.65. The van der Waals surface area contributed by atoms with Crippen LogP contribution in [0.5, 0.6) is 5.75 Å². The maximum atomic E-state index is 13.3. The molecule has 11 heteroatoms. The molecular weight excluding hydrogens is 616 g/mol. The number of methoxy groups -OCH3 is 1. The van der Waals surface area contributed by atoms with E-state index in [4.69, 9.17) is 4.74 Å². The van der Waals surface area contributed by atoms with Gasteiger partial charge in [-0.05, 0) is 91.6 Å². The lowest BCUT2D eigenvalue weighted by Gasteiger charge is -2.24. The minimum absolute atomic E-state index is 0.108. The number of carbonyl (C=O) groups excluding carboxylic acids is 1. The molecular formula is C36H42N4O6S. The number of aromatic nitrogens is 3. The van der Waals surface area contributed by atoms with E-state index in [1.807, 2.05) is 44.2 Å². The number of nitrogens with zero attached hydrogens (tertiary/aromatic N) is 3. The number of rotatable bonds is 8. The summed E-state index contributed by atoms with van der Waals surface area (Å²) in [5.74, 6) is -0.868. The molecule has 47 heavy (non-hydrogen) atoms. The number of benzene rings is 2. The van der Waals surface area contributed by atoms with Crippen LogP contribution in [0.1, 0.15) is 115 Å². The largest absolute Gasteiger partial charge is 0.497 e. The van der Waals surface area contributed by atoms with Gasteiger partial charge in [-0.3, -0.25) is 9.48 Å². The molecule has 0 atom stereocenters. The van der Waals surface area contributed by atoms with Crippen molar-refractivity contribution in [3.05, 3.63) is 70.0 Å². The van der Waals surface area contributed by atoms with Gasteiger partial charge < -0.3 is 14.4 Å². The standard InChI is InChI=1S/C36H42N4O6S/c1-20(2)32-31(36(42)43)33(39(5)37-32)25-16-24-17-26(46-6)13-15-27(24)34-30(22-10-8-7-9-11-22)28-14-12-23(18-29(28)40(34)19-25)35(41)38-47(44,45)21(3)4/h12-18,20-22H,7-11,19H2,1-6H3,(H,38,41)(H,42,43). The molecule has 0 bridgehead atoms. The summed E-state index contributed by atoms with van der Waals surface area (Å²) in [4.78, 5) is 26.1. The fraction of sp³-hybridized carbons (Fsp3) is 0.417.